The number of anilines is 1. The van der Waals surface area contributed by atoms with Crippen molar-refractivity contribution < 1.29 is 4.79 Å². The fraction of sp³-hybridized carbons (Fsp3) is 0.304. The molecule has 0 saturated heterocycles. The van der Waals surface area contributed by atoms with Crippen LogP contribution in [0.5, 0.6) is 0 Å². The topological polar surface area (TPSA) is 105 Å². The third-order valence-corrected chi connectivity index (χ3v) is 6.61. The highest BCUT2D eigenvalue weighted by atomic mass is 16.2. The minimum absolute atomic E-state index is 0.159. The second kappa shape index (κ2) is 6.41. The Morgan fingerprint density at radius 3 is 2.81 bits per heavy atom. The molecule has 4 heterocycles. The van der Waals surface area contributed by atoms with Crippen LogP contribution in [0.15, 0.2) is 36.7 Å². The number of aromatic amines is 1. The molecule has 1 amide bonds. The summed E-state index contributed by atoms with van der Waals surface area (Å²) < 4.78 is 1.68. The summed E-state index contributed by atoms with van der Waals surface area (Å²) in [5, 5.41) is 11.3. The Morgan fingerprint density at radius 1 is 1.23 bits per heavy atom. The van der Waals surface area contributed by atoms with Crippen molar-refractivity contribution >= 4 is 17.4 Å². The number of fused-ring (bicyclic) bond motifs is 2. The number of rotatable bonds is 4. The van der Waals surface area contributed by atoms with Gasteiger partial charge in [0, 0.05) is 36.1 Å². The van der Waals surface area contributed by atoms with Crippen molar-refractivity contribution in [3.05, 3.63) is 53.3 Å². The Bertz CT molecular complexity index is 1330. The van der Waals surface area contributed by atoms with Gasteiger partial charge in [0.25, 0.3) is 5.91 Å². The predicted octanol–water partition coefficient (Wildman–Crippen LogP) is 3.43. The number of aromatic nitrogens is 5. The van der Waals surface area contributed by atoms with Gasteiger partial charge in [-0.1, -0.05) is 0 Å². The smallest absolute Gasteiger partial charge is 0.255 e. The van der Waals surface area contributed by atoms with Crippen LogP contribution in [0.3, 0.4) is 0 Å². The van der Waals surface area contributed by atoms with Crippen molar-refractivity contribution in [2.24, 2.45) is 5.92 Å². The highest BCUT2D eigenvalue weighted by Crippen LogP contribution is 2.40. The predicted molar refractivity (Wildman–Crippen MR) is 117 cm³/mol. The van der Waals surface area contributed by atoms with Crippen molar-refractivity contribution in [3.63, 3.8) is 0 Å². The van der Waals surface area contributed by atoms with E-state index in [1.807, 2.05) is 30.2 Å². The van der Waals surface area contributed by atoms with Crippen LogP contribution in [0.25, 0.3) is 28.2 Å². The molecule has 1 aliphatic carbocycles. The maximum Gasteiger partial charge on any atom is 0.255 e. The number of nitrogen functional groups attached to an aromatic ring is 1. The van der Waals surface area contributed by atoms with Crippen molar-refractivity contribution in [2.45, 2.75) is 39.3 Å². The molecule has 1 atom stereocenters. The number of carbonyl (C=O) groups excluding carboxylic acids is 1. The molecule has 8 heteroatoms. The maximum absolute atomic E-state index is 13.1. The van der Waals surface area contributed by atoms with Crippen LogP contribution in [-0.2, 0) is 6.54 Å². The molecule has 3 N–H and O–H groups in total. The lowest BCUT2D eigenvalue weighted by molar-refractivity contribution is 0.0697. The van der Waals surface area contributed by atoms with Crippen LogP contribution < -0.4 is 5.73 Å². The summed E-state index contributed by atoms with van der Waals surface area (Å²) in [5.41, 5.74) is 13.1. The number of H-pyrrole nitrogens is 1. The summed E-state index contributed by atoms with van der Waals surface area (Å²) in [5.74, 6) is 1.21. The number of benzene rings is 1. The first-order valence-electron chi connectivity index (χ1n) is 10.6. The monoisotopic (exact) mass is 413 g/mol. The fourth-order valence-corrected chi connectivity index (χ4v) is 4.76. The van der Waals surface area contributed by atoms with Crippen LogP contribution in [0.2, 0.25) is 0 Å². The van der Waals surface area contributed by atoms with E-state index in [2.05, 4.69) is 34.4 Å². The van der Waals surface area contributed by atoms with E-state index in [0.717, 1.165) is 39.2 Å². The van der Waals surface area contributed by atoms with Gasteiger partial charge in [-0.2, -0.15) is 5.10 Å². The van der Waals surface area contributed by atoms with Gasteiger partial charge in [-0.05, 0) is 68.0 Å². The number of nitrogens with two attached hydrogens (primary N) is 1. The van der Waals surface area contributed by atoms with Crippen LogP contribution in [0.4, 0.5) is 5.82 Å². The zero-order valence-corrected chi connectivity index (χ0v) is 17.5. The van der Waals surface area contributed by atoms with E-state index in [0.29, 0.717) is 30.0 Å². The molecule has 156 valence electrons. The van der Waals surface area contributed by atoms with E-state index < -0.39 is 0 Å². The van der Waals surface area contributed by atoms with E-state index in [4.69, 9.17) is 10.7 Å². The van der Waals surface area contributed by atoms with Gasteiger partial charge in [-0.25, -0.2) is 9.50 Å². The Labute approximate surface area is 179 Å². The van der Waals surface area contributed by atoms with E-state index in [-0.39, 0.29) is 5.91 Å². The molecule has 3 aromatic heterocycles. The lowest BCUT2D eigenvalue weighted by atomic mass is 9.98. The minimum atomic E-state index is 0.159. The van der Waals surface area contributed by atoms with Gasteiger partial charge < -0.3 is 10.6 Å². The molecule has 0 unspecified atom stereocenters. The number of nitrogens with zero attached hydrogens (tertiary/aromatic N) is 5. The number of hydrogen-bond donors (Lipinski definition) is 2. The lowest BCUT2D eigenvalue weighted by Gasteiger charge is -2.24. The summed E-state index contributed by atoms with van der Waals surface area (Å²) in [7, 11) is 0. The molecule has 8 nitrogen and oxygen atoms in total. The van der Waals surface area contributed by atoms with Crippen LogP contribution in [0, 0.1) is 12.8 Å². The summed E-state index contributed by atoms with van der Waals surface area (Å²) in [6.45, 7) is 4.85. The lowest BCUT2D eigenvalue weighted by Crippen LogP contribution is -2.34. The zero-order valence-electron chi connectivity index (χ0n) is 17.5. The van der Waals surface area contributed by atoms with Crippen molar-refractivity contribution in [1.82, 2.24) is 29.7 Å². The van der Waals surface area contributed by atoms with Gasteiger partial charge in [0.1, 0.15) is 0 Å². The molecular formula is C23H23N7O. The van der Waals surface area contributed by atoms with Gasteiger partial charge >= 0.3 is 0 Å². The molecule has 2 aliphatic rings. The number of nitrogens with one attached hydrogen (secondary N) is 1. The largest absolute Gasteiger partial charge is 0.382 e. The van der Waals surface area contributed by atoms with E-state index >= 15 is 0 Å². The Balaban J connectivity index is 1.43. The summed E-state index contributed by atoms with van der Waals surface area (Å²) >= 11 is 0. The van der Waals surface area contributed by atoms with Crippen molar-refractivity contribution in [2.75, 3.05) is 5.73 Å². The van der Waals surface area contributed by atoms with Gasteiger partial charge in [-0.15, -0.1) is 5.10 Å². The van der Waals surface area contributed by atoms with E-state index in [1.54, 1.807) is 10.7 Å². The van der Waals surface area contributed by atoms with Gasteiger partial charge in [0.2, 0.25) is 0 Å². The Morgan fingerprint density at radius 2 is 2.06 bits per heavy atom. The normalized spacial score (nSPS) is 16.8. The Hall–Kier alpha value is -3.68. The quantitative estimate of drug-likeness (QED) is 0.533. The first-order valence-corrected chi connectivity index (χ1v) is 10.6. The molecule has 0 spiro atoms. The van der Waals surface area contributed by atoms with Gasteiger partial charge in [-0.3, -0.25) is 9.89 Å². The SMILES string of the molecule is Cc1cc(-c2ccn3nc(N)c(-c4ccn[nH]4)c3n2)cc2c1C(=O)N([C@@H](C)C1CC1)C2. The van der Waals surface area contributed by atoms with Gasteiger partial charge in [0.05, 0.1) is 17.0 Å². The standard InChI is InChI=1S/C23H23N7O/c1-12-9-15(10-16-11-29(23(31)19(12)16)13(2)14-3-4-14)17-6-8-30-22(26-17)20(21(24)28-30)18-5-7-25-27-18/h5-10,13-14H,3-4,11H2,1-2H3,(H2,24,28)(H,25,27)/t13-/m0/s1. The summed E-state index contributed by atoms with van der Waals surface area (Å²) in [6, 6.07) is 8.23. The van der Waals surface area contributed by atoms with Gasteiger partial charge in [0.15, 0.2) is 11.5 Å². The first-order chi connectivity index (χ1) is 15.0. The van der Waals surface area contributed by atoms with Crippen LogP contribution >= 0.6 is 0 Å². The van der Waals surface area contributed by atoms with E-state index in [1.165, 1.54) is 12.8 Å². The van der Waals surface area contributed by atoms with Crippen LogP contribution in [0.1, 0.15) is 41.3 Å². The van der Waals surface area contributed by atoms with Crippen molar-refractivity contribution in [3.8, 4) is 22.5 Å². The molecule has 1 fully saturated rings. The van der Waals surface area contributed by atoms with Crippen LogP contribution in [-0.4, -0.2) is 41.6 Å². The number of amides is 1. The maximum atomic E-state index is 13.1. The molecule has 6 rings (SSSR count). The summed E-state index contributed by atoms with van der Waals surface area (Å²) in [6.07, 6.45) is 5.99. The molecule has 4 aromatic rings. The van der Waals surface area contributed by atoms with Crippen molar-refractivity contribution in [1.29, 1.82) is 0 Å². The summed E-state index contributed by atoms with van der Waals surface area (Å²) in [4.78, 5) is 20.0. The average molecular weight is 413 g/mol. The highest BCUT2D eigenvalue weighted by Gasteiger charge is 2.39. The second-order valence-electron chi connectivity index (χ2n) is 8.65. The molecule has 0 bridgehead atoms. The minimum Gasteiger partial charge on any atom is -0.382 e. The molecule has 31 heavy (non-hydrogen) atoms. The number of aryl methyl sites for hydroxylation is 1. The fourth-order valence-electron chi connectivity index (χ4n) is 4.76. The molecule has 1 aromatic carbocycles. The average Bonchev–Trinajstić information content (AvgIpc) is 3.20. The highest BCUT2D eigenvalue weighted by molar-refractivity contribution is 6.00. The molecule has 1 saturated carbocycles. The molecular weight excluding hydrogens is 390 g/mol. The number of hydrogen-bond acceptors (Lipinski definition) is 5. The second-order valence-corrected chi connectivity index (χ2v) is 8.65. The zero-order chi connectivity index (χ0) is 21.3. The molecule has 1 aliphatic heterocycles. The third kappa shape index (κ3) is 2.74. The first kappa shape index (κ1) is 18.1. The number of carbonyl (C=O) groups is 1. The molecule has 0 radical (unpaired) electrons. The third-order valence-electron chi connectivity index (χ3n) is 6.61. The Kier molecular flexibility index (Phi) is 3.74. The van der Waals surface area contributed by atoms with E-state index in [9.17, 15) is 4.79 Å².